The van der Waals surface area contributed by atoms with Gasteiger partial charge < -0.3 is 20.4 Å². The fraction of sp³-hybridized carbons (Fsp3) is 0.857. The summed E-state index contributed by atoms with van der Waals surface area (Å²) in [5, 5.41) is 21.5. The zero-order chi connectivity index (χ0) is 15.7. The largest absolute Gasteiger partial charge is 0.480 e. The van der Waals surface area contributed by atoms with Gasteiger partial charge in [0.15, 0.2) is 0 Å². The second-order valence-corrected chi connectivity index (χ2v) is 7.45. The van der Waals surface area contributed by atoms with Gasteiger partial charge in [-0.2, -0.15) is 0 Å². The molecule has 1 aliphatic rings. The quantitative estimate of drug-likeness (QED) is 0.732. The van der Waals surface area contributed by atoms with Gasteiger partial charge in [-0.1, -0.05) is 20.8 Å². The van der Waals surface area contributed by atoms with Crippen molar-refractivity contribution in [2.24, 2.45) is 5.41 Å². The summed E-state index contributed by atoms with van der Waals surface area (Å²) in [6, 6.07) is -1.38. The number of likely N-dealkylation sites (tertiary alicyclic amines) is 1. The van der Waals surface area contributed by atoms with E-state index in [-0.39, 0.29) is 18.4 Å². The van der Waals surface area contributed by atoms with Crippen molar-refractivity contribution in [3.63, 3.8) is 0 Å². The molecule has 1 aliphatic heterocycles. The van der Waals surface area contributed by atoms with Crippen LogP contribution in [-0.2, 0) is 4.79 Å². The summed E-state index contributed by atoms with van der Waals surface area (Å²) >= 11 is 0. The van der Waals surface area contributed by atoms with Crippen molar-refractivity contribution >= 4 is 12.0 Å². The SMILES string of the molecule is CC(C)(C)CC(C)(C)NC(=O)N1CC(O)C[C@H]1C(=O)O. The highest BCUT2D eigenvalue weighted by atomic mass is 16.4. The van der Waals surface area contributed by atoms with Gasteiger partial charge >= 0.3 is 12.0 Å². The summed E-state index contributed by atoms with van der Waals surface area (Å²) in [6.45, 7) is 10.1. The van der Waals surface area contributed by atoms with Crippen molar-refractivity contribution in [3.05, 3.63) is 0 Å². The summed E-state index contributed by atoms with van der Waals surface area (Å²) in [7, 11) is 0. The number of β-amino-alcohol motifs (C(OH)–C–C–N with tert-alkyl or cyclic N) is 1. The molecule has 0 aromatic carbocycles. The highest BCUT2D eigenvalue weighted by Crippen LogP contribution is 2.27. The van der Waals surface area contributed by atoms with E-state index in [4.69, 9.17) is 5.11 Å². The van der Waals surface area contributed by atoms with E-state index in [1.54, 1.807) is 0 Å². The van der Waals surface area contributed by atoms with Crippen LogP contribution in [0.1, 0.15) is 47.5 Å². The van der Waals surface area contributed by atoms with Crippen LogP contribution in [0.5, 0.6) is 0 Å². The third-order valence-electron chi connectivity index (χ3n) is 3.24. The molecule has 0 aromatic heterocycles. The molecule has 0 aromatic rings. The van der Waals surface area contributed by atoms with Crippen molar-refractivity contribution < 1.29 is 19.8 Å². The Bertz CT molecular complexity index is 387. The maximum Gasteiger partial charge on any atom is 0.326 e. The lowest BCUT2D eigenvalue weighted by atomic mass is 9.82. The number of carbonyl (C=O) groups is 2. The normalized spacial score (nSPS) is 23.8. The molecule has 1 unspecified atom stereocenters. The monoisotopic (exact) mass is 286 g/mol. The molecular weight excluding hydrogens is 260 g/mol. The van der Waals surface area contributed by atoms with Gasteiger partial charge in [0.2, 0.25) is 0 Å². The van der Waals surface area contributed by atoms with Crippen LogP contribution >= 0.6 is 0 Å². The summed E-state index contributed by atoms with van der Waals surface area (Å²) in [6.07, 6.45) is 0.0788. The average Bonchev–Trinajstić information content (AvgIpc) is 2.55. The lowest BCUT2D eigenvalue weighted by molar-refractivity contribution is -0.141. The Labute approximate surface area is 120 Å². The van der Waals surface area contributed by atoms with Gasteiger partial charge in [-0.25, -0.2) is 9.59 Å². The molecule has 0 aliphatic carbocycles. The Morgan fingerprint density at radius 2 is 1.80 bits per heavy atom. The lowest BCUT2D eigenvalue weighted by Gasteiger charge is -2.35. The van der Waals surface area contributed by atoms with Crippen LogP contribution in [0.3, 0.4) is 0 Å². The molecule has 6 nitrogen and oxygen atoms in total. The molecule has 1 heterocycles. The van der Waals surface area contributed by atoms with E-state index in [1.165, 1.54) is 4.90 Å². The molecule has 116 valence electrons. The number of carboxylic acids is 1. The number of amides is 2. The molecule has 0 radical (unpaired) electrons. The molecule has 1 rings (SSSR count). The van der Waals surface area contributed by atoms with Crippen LogP contribution in [0.15, 0.2) is 0 Å². The van der Waals surface area contributed by atoms with Gasteiger partial charge in [-0.15, -0.1) is 0 Å². The molecule has 2 atom stereocenters. The third-order valence-corrected chi connectivity index (χ3v) is 3.24. The molecule has 0 spiro atoms. The second kappa shape index (κ2) is 5.60. The highest BCUT2D eigenvalue weighted by molar-refractivity contribution is 5.83. The molecule has 0 saturated carbocycles. The van der Waals surface area contributed by atoms with Crippen LogP contribution in [0, 0.1) is 5.41 Å². The van der Waals surface area contributed by atoms with Crippen LogP contribution in [0.4, 0.5) is 4.79 Å². The molecule has 1 saturated heterocycles. The minimum Gasteiger partial charge on any atom is -0.480 e. The van der Waals surface area contributed by atoms with E-state index in [0.717, 1.165) is 6.42 Å². The molecular formula is C14H26N2O4. The Hall–Kier alpha value is -1.30. The first-order valence-corrected chi connectivity index (χ1v) is 6.91. The zero-order valence-electron chi connectivity index (χ0n) is 12.9. The van der Waals surface area contributed by atoms with E-state index in [9.17, 15) is 14.7 Å². The highest BCUT2D eigenvalue weighted by Gasteiger charge is 2.40. The van der Waals surface area contributed by atoms with Gasteiger partial charge in [0.05, 0.1) is 6.10 Å². The van der Waals surface area contributed by atoms with Crippen molar-refractivity contribution in [2.75, 3.05) is 6.54 Å². The van der Waals surface area contributed by atoms with Crippen molar-refractivity contribution in [2.45, 2.75) is 65.1 Å². The maximum atomic E-state index is 12.2. The van der Waals surface area contributed by atoms with E-state index in [0.29, 0.717) is 0 Å². The first-order chi connectivity index (χ1) is 8.91. The van der Waals surface area contributed by atoms with Crippen LogP contribution in [0.2, 0.25) is 0 Å². The Balaban J connectivity index is 2.72. The van der Waals surface area contributed by atoms with Crippen LogP contribution < -0.4 is 5.32 Å². The number of nitrogens with one attached hydrogen (secondary N) is 1. The number of urea groups is 1. The Morgan fingerprint density at radius 3 is 2.25 bits per heavy atom. The minimum atomic E-state index is -1.08. The standard InChI is InChI=1S/C14H26N2O4/c1-13(2,3)8-14(4,5)15-12(20)16-7-9(17)6-10(16)11(18)19/h9-10,17H,6-8H2,1-5H3,(H,15,20)(H,18,19)/t9?,10-/m0/s1. The molecule has 20 heavy (non-hydrogen) atoms. The number of aliphatic carboxylic acids is 1. The molecule has 3 N–H and O–H groups in total. The number of aliphatic hydroxyl groups is 1. The fourth-order valence-electron chi connectivity index (χ4n) is 3.00. The number of aliphatic hydroxyl groups excluding tert-OH is 1. The summed E-state index contributed by atoms with van der Waals surface area (Å²) in [4.78, 5) is 24.6. The number of carboxylic acid groups (broad SMARTS) is 1. The molecule has 2 amide bonds. The number of nitrogens with zero attached hydrogens (tertiary/aromatic N) is 1. The third kappa shape index (κ3) is 4.67. The van der Waals surface area contributed by atoms with Gasteiger partial charge in [-0.3, -0.25) is 0 Å². The predicted octanol–water partition coefficient (Wildman–Crippen LogP) is 1.43. The van der Waals surface area contributed by atoms with Crippen LogP contribution in [0.25, 0.3) is 0 Å². The van der Waals surface area contributed by atoms with E-state index in [2.05, 4.69) is 26.1 Å². The summed E-state index contributed by atoms with van der Waals surface area (Å²) in [5.41, 5.74) is -0.389. The van der Waals surface area contributed by atoms with E-state index < -0.39 is 29.7 Å². The van der Waals surface area contributed by atoms with Gasteiger partial charge in [-0.05, 0) is 25.7 Å². The number of hydrogen-bond donors (Lipinski definition) is 3. The fourth-order valence-corrected chi connectivity index (χ4v) is 3.00. The van der Waals surface area contributed by atoms with E-state index >= 15 is 0 Å². The van der Waals surface area contributed by atoms with Crippen molar-refractivity contribution in [3.8, 4) is 0 Å². The topological polar surface area (TPSA) is 89.9 Å². The second-order valence-electron chi connectivity index (χ2n) is 7.45. The van der Waals surface area contributed by atoms with Gasteiger partial charge in [0.25, 0.3) is 0 Å². The van der Waals surface area contributed by atoms with Crippen LogP contribution in [-0.4, -0.2) is 51.3 Å². The predicted molar refractivity (Wildman–Crippen MR) is 75.4 cm³/mol. The zero-order valence-corrected chi connectivity index (χ0v) is 12.9. The van der Waals surface area contributed by atoms with Gasteiger partial charge in [0.1, 0.15) is 6.04 Å². The smallest absolute Gasteiger partial charge is 0.326 e. The molecule has 0 bridgehead atoms. The number of hydrogen-bond acceptors (Lipinski definition) is 3. The number of rotatable bonds is 3. The average molecular weight is 286 g/mol. The first-order valence-electron chi connectivity index (χ1n) is 6.91. The minimum absolute atomic E-state index is 0.0491. The van der Waals surface area contributed by atoms with Crippen molar-refractivity contribution in [1.82, 2.24) is 10.2 Å². The summed E-state index contributed by atoms with van der Waals surface area (Å²) in [5.74, 6) is -1.08. The Kier molecular flexibility index (Phi) is 4.69. The van der Waals surface area contributed by atoms with Crippen molar-refractivity contribution in [1.29, 1.82) is 0 Å². The molecule has 1 fully saturated rings. The number of carbonyl (C=O) groups excluding carboxylic acids is 1. The first kappa shape index (κ1) is 16.8. The maximum absolute atomic E-state index is 12.2. The molecule has 6 heteroatoms. The Morgan fingerprint density at radius 1 is 1.25 bits per heavy atom. The lowest BCUT2D eigenvalue weighted by Crippen LogP contribution is -2.54. The van der Waals surface area contributed by atoms with E-state index in [1.807, 2.05) is 13.8 Å². The van der Waals surface area contributed by atoms with Gasteiger partial charge in [0, 0.05) is 18.5 Å². The summed E-state index contributed by atoms with van der Waals surface area (Å²) < 4.78 is 0.